The van der Waals surface area contributed by atoms with E-state index in [1.54, 1.807) is 6.20 Å². The van der Waals surface area contributed by atoms with E-state index in [1.165, 1.54) is 44.2 Å². The molecular formula is C39H24N2O. The molecule has 1 aliphatic rings. The summed E-state index contributed by atoms with van der Waals surface area (Å²) in [6, 6.07) is 49.7. The smallest absolute Gasteiger partial charge is 0.227 e. The first kappa shape index (κ1) is 23.1. The summed E-state index contributed by atoms with van der Waals surface area (Å²) < 4.78 is 6.23. The molecule has 3 heteroatoms. The largest absolute Gasteiger partial charge is 0.438 e. The Kier molecular flexibility index (Phi) is 4.90. The lowest BCUT2D eigenvalue weighted by Crippen LogP contribution is -2.11. The van der Waals surface area contributed by atoms with E-state index in [4.69, 9.17) is 4.42 Å². The van der Waals surface area contributed by atoms with E-state index >= 15 is 0 Å². The van der Waals surface area contributed by atoms with Gasteiger partial charge in [-0.2, -0.15) is 0 Å². The van der Waals surface area contributed by atoms with Gasteiger partial charge in [0.15, 0.2) is 0 Å². The SMILES string of the molecule is c1ccc(-c2ccc(N(c3ccc4c5c(cccc35)-c3ccccc3-4)c3cccc4oc5ncccc5c34)cc2)cc1. The predicted octanol–water partition coefficient (Wildman–Crippen LogP) is 10.9. The Morgan fingerprint density at radius 3 is 1.98 bits per heavy atom. The number of aromatic nitrogens is 1. The van der Waals surface area contributed by atoms with Crippen molar-refractivity contribution in [2.75, 3.05) is 4.90 Å². The molecule has 0 fully saturated rings. The highest BCUT2D eigenvalue weighted by Gasteiger charge is 2.26. The van der Waals surface area contributed by atoms with Crippen molar-refractivity contribution in [1.82, 2.24) is 4.98 Å². The van der Waals surface area contributed by atoms with Crippen molar-refractivity contribution < 1.29 is 4.42 Å². The maximum Gasteiger partial charge on any atom is 0.227 e. The van der Waals surface area contributed by atoms with Crippen molar-refractivity contribution in [3.63, 3.8) is 0 Å². The van der Waals surface area contributed by atoms with E-state index in [0.29, 0.717) is 5.71 Å². The minimum Gasteiger partial charge on any atom is -0.438 e. The van der Waals surface area contributed by atoms with Crippen LogP contribution in [0.1, 0.15) is 0 Å². The minimum absolute atomic E-state index is 0.648. The highest BCUT2D eigenvalue weighted by atomic mass is 16.3. The molecule has 0 aliphatic heterocycles. The maximum absolute atomic E-state index is 6.23. The van der Waals surface area contributed by atoms with E-state index in [0.717, 1.165) is 33.4 Å². The van der Waals surface area contributed by atoms with Gasteiger partial charge in [-0.3, -0.25) is 0 Å². The first-order valence-corrected chi connectivity index (χ1v) is 14.2. The van der Waals surface area contributed by atoms with Crippen LogP contribution >= 0.6 is 0 Å². The van der Waals surface area contributed by atoms with Crippen molar-refractivity contribution in [3.05, 3.63) is 146 Å². The summed E-state index contributed by atoms with van der Waals surface area (Å²) in [6.45, 7) is 0. The summed E-state index contributed by atoms with van der Waals surface area (Å²) in [5.74, 6) is 0. The molecular weight excluding hydrogens is 512 g/mol. The topological polar surface area (TPSA) is 29.3 Å². The number of benzene rings is 6. The zero-order chi connectivity index (χ0) is 27.6. The third-order valence-corrected chi connectivity index (χ3v) is 8.49. The van der Waals surface area contributed by atoms with Crippen molar-refractivity contribution >= 4 is 49.9 Å². The lowest BCUT2D eigenvalue weighted by molar-refractivity contribution is 0.654. The summed E-state index contributed by atoms with van der Waals surface area (Å²) in [5, 5.41) is 4.58. The van der Waals surface area contributed by atoms with Crippen LogP contribution in [0.15, 0.2) is 150 Å². The Balaban J connectivity index is 1.33. The van der Waals surface area contributed by atoms with Crippen LogP contribution in [-0.2, 0) is 0 Å². The van der Waals surface area contributed by atoms with E-state index in [2.05, 4.69) is 137 Å². The summed E-state index contributed by atoms with van der Waals surface area (Å²) in [5.41, 5.74) is 12.3. The molecule has 9 rings (SSSR count). The second kappa shape index (κ2) is 8.92. The average molecular weight is 537 g/mol. The fourth-order valence-corrected chi connectivity index (χ4v) is 6.66. The molecule has 0 unspecified atom stereocenters. The molecule has 0 spiro atoms. The number of fused-ring (bicyclic) bond motifs is 6. The van der Waals surface area contributed by atoms with Crippen molar-refractivity contribution in [1.29, 1.82) is 0 Å². The van der Waals surface area contributed by atoms with Crippen LogP contribution in [0.25, 0.3) is 66.2 Å². The predicted molar refractivity (Wildman–Crippen MR) is 174 cm³/mol. The molecule has 0 radical (unpaired) electrons. The molecule has 1 aliphatic carbocycles. The summed E-state index contributed by atoms with van der Waals surface area (Å²) >= 11 is 0. The maximum atomic E-state index is 6.23. The number of pyridine rings is 1. The number of rotatable bonds is 4. The van der Waals surface area contributed by atoms with Crippen LogP contribution in [0.5, 0.6) is 0 Å². The second-order valence-electron chi connectivity index (χ2n) is 10.8. The van der Waals surface area contributed by atoms with Gasteiger partial charge in [-0.25, -0.2) is 4.98 Å². The van der Waals surface area contributed by atoms with Crippen LogP contribution in [-0.4, -0.2) is 4.98 Å². The first-order valence-electron chi connectivity index (χ1n) is 14.2. The third-order valence-electron chi connectivity index (χ3n) is 8.49. The quantitative estimate of drug-likeness (QED) is 0.224. The van der Waals surface area contributed by atoms with Gasteiger partial charge >= 0.3 is 0 Å². The van der Waals surface area contributed by atoms with Crippen molar-refractivity contribution in [2.45, 2.75) is 0 Å². The van der Waals surface area contributed by atoms with Crippen LogP contribution in [0.4, 0.5) is 17.1 Å². The van der Waals surface area contributed by atoms with Gasteiger partial charge in [-0.05, 0) is 81.2 Å². The standard InChI is InChI=1S/C39H24N2O/c1-2-9-25(10-3-1)26-18-20-27(21-19-26)41(35-16-7-17-36-38(35)33-15-8-24-40-39(33)42-36)34-23-22-31-29-12-5-4-11-28(29)30-13-6-14-32(34)37(30)31/h1-24H. The normalized spacial score (nSPS) is 11.8. The highest BCUT2D eigenvalue weighted by Crippen LogP contribution is 2.52. The van der Waals surface area contributed by atoms with Crippen molar-refractivity contribution in [3.8, 4) is 33.4 Å². The number of hydrogen-bond donors (Lipinski definition) is 0. The average Bonchev–Trinajstić information content (AvgIpc) is 3.60. The molecule has 2 heterocycles. The van der Waals surface area contributed by atoms with Crippen LogP contribution < -0.4 is 4.90 Å². The van der Waals surface area contributed by atoms with E-state index in [1.807, 2.05) is 12.1 Å². The summed E-state index contributed by atoms with van der Waals surface area (Å²) in [4.78, 5) is 6.91. The van der Waals surface area contributed by atoms with Gasteiger partial charge in [0.05, 0.1) is 22.1 Å². The molecule has 42 heavy (non-hydrogen) atoms. The van der Waals surface area contributed by atoms with Gasteiger partial charge in [-0.1, -0.05) is 97.1 Å². The summed E-state index contributed by atoms with van der Waals surface area (Å²) in [6.07, 6.45) is 1.78. The first-order chi connectivity index (χ1) is 20.8. The fraction of sp³-hybridized carbons (Fsp3) is 0. The van der Waals surface area contributed by atoms with E-state index in [-0.39, 0.29) is 0 Å². The molecule has 2 aromatic heterocycles. The van der Waals surface area contributed by atoms with Gasteiger partial charge in [0.1, 0.15) is 5.58 Å². The van der Waals surface area contributed by atoms with Gasteiger partial charge in [0, 0.05) is 17.3 Å². The Hall–Kier alpha value is -5.67. The number of hydrogen-bond acceptors (Lipinski definition) is 3. The Morgan fingerprint density at radius 1 is 0.452 bits per heavy atom. The Bertz CT molecular complexity index is 2270. The van der Waals surface area contributed by atoms with E-state index in [9.17, 15) is 0 Å². The second-order valence-corrected chi connectivity index (χ2v) is 10.8. The monoisotopic (exact) mass is 536 g/mol. The van der Waals surface area contributed by atoms with Gasteiger partial charge in [0.2, 0.25) is 5.71 Å². The van der Waals surface area contributed by atoms with Crippen LogP contribution in [0.2, 0.25) is 0 Å². The van der Waals surface area contributed by atoms with Crippen LogP contribution in [0.3, 0.4) is 0 Å². The lowest BCUT2D eigenvalue weighted by Gasteiger charge is -2.28. The Morgan fingerprint density at radius 2 is 1.14 bits per heavy atom. The minimum atomic E-state index is 0.648. The number of furan rings is 1. The molecule has 0 atom stereocenters. The molecule has 0 N–H and O–H groups in total. The summed E-state index contributed by atoms with van der Waals surface area (Å²) in [7, 11) is 0. The molecule has 0 saturated carbocycles. The molecule has 196 valence electrons. The molecule has 0 amide bonds. The van der Waals surface area contributed by atoms with E-state index < -0.39 is 0 Å². The number of anilines is 3. The molecule has 3 nitrogen and oxygen atoms in total. The number of nitrogens with zero attached hydrogens (tertiary/aromatic N) is 2. The van der Waals surface area contributed by atoms with Crippen molar-refractivity contribution in [2.24, 2.45) is 0 Å². The molecule has 8 aromatic rings. The fourth-order valence-electron chi connectivity index (χ4n) is 6.66. The highest BCUT2D eigenvalue weighted by molar-refractivity contribution is 6.20. The van der Waals surface area contributed by atoms with Crippen LogP contribution in [0, 0.1) is 0 Å². The zero-order valence-corrected chi connectivity index (χ0v) is 22.7. The molecule has 6 aromatic carbocycles. The third kappa shape index (κ3) is 3.31. The van der Waals surface area contributed by atoms with Gasteiger partial charge in [-0.15, -0.1) is 0 Å². The molecule has 0 bridgehead atoms. The van der Waals surface area contributed by atoms with Gasteiger partial charge < -0.3 is 9.32 Å². The zero-order valence-electron chi connectivity index (χ0n) is 22.7. The van der Waals surface area contributed by atoms with Gasteiger partial charge in [0.25, 0.3) is 0 Å². The Labute approximate surface area is 242 Å². The molecule has 0 saturated heterocycles. The lowest BCUT2D eigenvalue weighted by atomic mass is 9.99.